The summed E-state index contributed by atoms with van der Waals surface area (Å²) in [6.45, 7) is 5.51. The van der Waals surface area contributed by atoms with Gasteiger partial charge >= 0.3 is 0 Å². The van der Waals surface area contributed by atoms with Crippen LogP contribution in [0.5, 0.6) is 0 Å². The zero-order valence-corrected chi connectivity index (χ0v) is 15.2. The van der Waals surface area contributed by atoms with Gasteiger partial charge in [0.2, 0.25) is 0 Å². The predicted octanol–water partition coefficient (Wildman–Crippen LogP) is 4.63. The molecule has 0 aromatic heterocycles. The molecule has 1 aliphatic carbocycles. The number of aliphatic hydroxyl groups is 1. The number of Topliss-reactive ketones (excluding diaryl/α,β-unsaturated/α-hetero) is 2. The van der Waals surface area contributed by atoms with E-state index in [1.54, 1.807) is 20.8 Å². The fraction of sp³-hybridized carbons (Fsp3) is 0.524. The van der Waals surface area contributed by atoms with Crippen LogP contribution >= 0.6 is 0 Å². The first-order chi connectivity index (χ1) is 11.5. The molecule has 0 aromatic carbocycles. The predicted molar refractivity (Wildman–Crippen MR) is 98.8 cm³/mol. The molecule has 1 aliphatic rings. The van der Waals surface area contributed by atoms with Gasteiger partial charge in [-0.2, -0.15) is 0 Å². The Bertz CT molecular complexity index is 574. The van der Waals surface area contributed by atoms with Crippen LogP contribution in [0.15, 0.2) is 46.6 Å². The van der Waals surface area contributed by atoms with Crippen molar-refractivity contribution in [3.05, 3.63) is 46.6 Å². The number of rotatable bonds is 10. The maximum absolute atomic E-state index is 12.3. The Labute approximate surface area is 145 Å². The van der Waals surface area contributed by atoms with Crippen LogP contribution < -0.4 is 0 Å². The van der Waals surface area contributed by atoms with Gasteiger partial charge in [0.05, 0.1) is 0 Å². The van der Waals surface area contributed by atoms with Gasteiger partial charge in [-0.15, -0.1) is 0 Å². The number of hydrogen-bond acceptors (Lipinski definition) is 3. The largest absolute Gasteiger partial charge is 0.396 e. The lowest BCUT2D eigenvalue weighted by atomic mass is 9.84. The summed E-state index contributed by atoms with van der Waals surface area (Å²) in [5, 5.41) is 8.67. The monoisotopic (exact) mass is 330 g/mol. The molecule has 1 N–H and O–H groups in total. The second-order valence-corrected chi connectivity index (χ2v) is 6.30. The summed E-state index contributed by atoms with van der Waals surface area (Å²) in [7, 11) is 0. The van der Waals surface area contributed by atoms with Crippen molar-refractivity contribution >= 4 is 11.6 Å². The lowest BCUT2D eigenvalue weighted by Crippen LogP contribution is -2.20. The molecular weight excluding hydrogens is 300 g/mol. The molecule has 0 amide bonds. The second-order valence-electron chi connectivity index (χ2n) is 6.30. The van der Waals surface area contributed by atoms with E-state index in [9.17, 15) is 9.59 Å². The maximum atomic E-state index is 12.3. The summed E-state index contributed by atoms with van der Waals surface area (Å²) < 4.78 is 0. The zero-order chi connectivity index (χ0) is 17.9. The van der Waals surface area contributed by atoms with Crippen LogP contribution in [0, 0.1) is 0 Å². The Morgan fingerprint density at radius 3 is 1.96 bits per heavy atom. The molecule has 0 radical (unpaired) electrons. The molecule has 0 aliphatic heterocycles. The molecule has 0 atom stereocenters. The number of allylic oxidation sites excluding steroid dienone is 8. The number of carbonyl (C=O) groups is 2. The van der Waals surface area contributed by atoms with Crippen LogP contribution in [0.2, 0.25) is 0 Å². The Balaban J connectivity index is 2.29. The molecule has 0 unspecified atom stereocenters. The van der Waals surface area contributed by atoms with E-state index < -0.39 is 0 Å². The Hall–Kier alpha value is -1.74. The molecule has 0 bridgehead atoms. The number of unbranched alkanes of at least 4 members (excludes halogenated alkanes) is 3. The lowest BCUT2D eigenvalue weighted by molar-refractivity contribution is -0.116. The highest BCUT2D eigenvalue weighted by molar-refractivity contribution is 6.24. The first kappa shape index (κ1) is 20.3. The van der Waals surface area contributed by atoms with Gasteiger partial charge in [0.1, 0.15) is 0 Å². The van der Waals surface area contributed by atoms with Crippen molar-refractivity contribution in [2.75, 3.05) is 6.61 Å². The first-order valence-electron chi connectivity index (χ1n) is 8.88. The average molecular weight is 330 g/mol. The SMILES string of the molecule is CC1=C(C)C(=O)C(CCCCC=CCC=CCCCO)=C(C)C1=O. The standard InChI is InChI=1S/C21H30O3/c1-16-17(2)21(24)19(18(3)20(16)23)14-12-10-8-6-4-5-7-9-11-13-15-22/h4,6-7,9,22H,5,8,10-15H2,1-3H3. The normalized spacial score (nSPS) is 16.3. The van der Waals surface area contributed by atoms with Crippen LogP contribution in [0.25, 0.3) is 0 Å². The van der Waals surface area contributed by atoms with E-state index >= 15 is 0 Å². The van der Waals surface area contributed by atoms with E-state index in [1.165, 1.54) is 0 Å². The fourth-order valence-electron chi connectivity index (χ4n) is 2.74. The minimum atomic E-state index is 0.0231. The summed E-state index contributed by atoms with van der Waals surface area (Å²) in [5.74, 6) is 0.0724. The van der Waals surface area contributed by atoms with Crippen LogP contribution in [0.3, 0.4) is 0 Å². The third kappa shape index (κ3) is 6.04. The van der Waals surface area contributed by atoms with Crippen LogP contribution in [0.1, 0.15) is 65.7 Å². The molecule has 3 heteroatoms. The number of hydrogen-bond donors (Lipinski definition) is 1. The first-order valence-corrected chi connectivity index (χ1v) is 8.88. The highest BCUT2D eigenvalue weighted by atomic mass is 16.2. The molecule has 0 saturated heterocycles. The van der Waals surface area contributed by atoms with E-state index in [0.717, 1.165) is 38.5 Å². The molecule has 0 aromatic rings. The number of carbonyl (C=O) groups excluding carboxylic acids is 2. The van der Waals surface area contributed by atoms with Crippen molar-refractivity contribution < 1.29 is 14.7 Å². The lowest BCUT2D eigenvalue weighted by Gasteiger charge is -2.18. The fourth-order valence-corrected chi connectivity index (χ4v) is 2.74. The summed E-state index contributed by atoms with van der Waals surface area (Å²) in [6, 6.07) is 0. The topological polar surface area (TPSA) is 54.4 Å². The Morgan fingerprint density at radius 1 is 0.750 bits per heavy atom. The van der Waals surface area contributed by atoms with Gasteiger partial charge in [-0.05, 0) is 65.7 Å². The highest BCUT2D eigenvalue weighted by Gasteiger charge is 2.26. The minimum Gasteiger partial charge on any atom is -0.396 e. The summed E-state index contributed by atoms with van der Waals surface area (Å²) >= 11 is 0. The quantitative estimate of drug-likeness (QED) is 0.361. The third-order valence-electron chi connectivity index (χ3n) is 4.49. The molecule has 0 spiro atoms. The van der Waals surface area contributed by atoms with Gasteiger partial charge in [-0.3, -0.25) is 9.59 Å². The molecule has 0 saturated carbocycles. The highest BCUT2D eigenvalue weighted by Crippen LogP contribution is 2.27. The zero-order valence-electron chi connectivity index (χ0n) is 15.2. The van der Waals surface area contributed by atoms with E-state index in [-0.39, 0.29) is 18.2 Å². The molecule has 24 heavy (non-hydrogen) atoms. The average Bonchev–Trinajstić information content (AvgIpc) is 2.58. The maximum Gasteiger partial charge on any atom is 0.185 e. The van der Waals surface area contributed by atoms with E-state index in [1.807, 2.05) is 0 Å². The van der Waals surface area contributed by atoms with E-state index in [4.69, 9.17) is 5.11 Å². The van der Waals surface area contributed by atoms with Crippen molar-refractivity contribution in [2.45, 2.75) is 65.7 Å². The van der Waals surface area contributed by atoms with Gasteiger partial charge in [-0.25, -0.2) is 0 Å². The van der Waals surface area contributed by atoms with Crippen LogP contribution in [-0.2, 0) is 9.59 Å². The molecule has 0 fully saturated rings. The summed E-state index contributed by atoms with van der Waals surface area (Å²) in [6.07, 6.45) is 14.8. The minimum absolute atomic E-state index is 0.0231. The van der Waals surface area contributed by atoms with Gasteiger partial charge in [-0.1, -0.05) is 24.3 Å². The molecule has 1 rings (SSSR count). The number of aliphatic hydroxyl groups excluding tert-OH is 1. The van der Waals surface area contributed by atoms with Crippen molar-refractivity contribution in [3.8, 4) is 0 Å². The summed E-state index contributed by atoms with van der Waals surface area (Å²) in [4.78, 5) is 24.4. The summed E-state index contributed by atoms with van der Waals surface area (Å²) in [5.41, 5.74) is 2.54. The van der Waals surface area contributed by atoms with Crippen molar-refractivity contribution in [1.29, 1.82) is 0 Å². The Kier molecular flexibility index (Phi) is 9.24. The third-order valence-corrected chi connectivity index (χ3v) is 4.49. The molecular formula is C21H30O3. The van der Waals surface area contributed by atoms with Gasteiger partial charge < -0.3 is 5.11 Å². The Morgan fingerprint density at radius 2 is 1.33 bits per heavy atom. The van der Waals surface area contributed by atoms with Gasteiger partial charge in [0.25, 0.3) is 0 Å². The van der Waals surface area contributed by atoms with Gasteiger partial charge in [0, 0.05) is 28.9 Å². The molecule has 3 nitrogen and oxygen atoms in total. The van der Waals surface area contributed by atoms with Crippen molar-refractivity contribution in [1.82, 2.24) is 0 Å². The van der Waals surface area contributed by atoms with Gasteiger partial charge in [0.15, 0.2) is 11.6 Å². The van der Waals surface area contributed by atoms with Crippen LogP contribution in [-0.4, -0.2) is 23.3 Å². The van der Waals surface area contributed by atoms with Crippen LogP contribution in [0.4, 0.5) is 0 Å². The van der Waals surface area contributed by atoms with Crippen molar-refractivity contribution in [2.24, 2.45) is 0 Å². The second kappa shape index (κ2) is 10.9. The van der Waals surface area contributed by atoms with E-state index in [0.29, 0.717) is 28.7 Å². The molecule has 0 heterocycles. The smallest absolute Gasteiger partial charge is 0.185 e. The van der Waals surface area contributed by atoms with Crippen molar-refractivity contribution in [3.63, 3.8) is 0 Å². The number of ketones is 2. The molecule has 132 valence electrons. The van der Waals surface area contributed by atoms with E-state index in [2.05, 4.69) is 24.3 Å².